The third kappa shape index (κ3) is 6.05. The first kappa shape index (κ1) is 20.3. The van der Waals surface area contributed by atoms with E-state index in [1.54, 1.807) is 6.07 Å². The van der Waals surface area contributed by atoms with Crippen molar-refractivity contribution in [2.45, 2.75) is 45.3 Å². The number of hydrogen-bond donors (Lipinski definition) is 2. The Morgan fingerprint density at radius 2 is 2.08 bits per heavy atom. The van der Waals surface area contributed by atoms with Gasteiger partial charge in [0.05, 0.1) is 17.3 Å². The van der Waals surface area contributed by atoms with Gasteiger partial charge in [0.25, 0.3) is 0 Å². The number of aliphatic imine (C=N–C) groups is 1. The maximum absolute atomic E-state index is 13.6. The maximum atomic E-state index is 13.6. The van der Waals surface area contributed by atoms with Gasteiger partial charge in [-0.3, -0.25) is 0 Å². The molecule has 1 fully saturated rings. The highest BCUT2D eigenvalue weighted by Gasteiger charge is 2.24. The third-order valence-corrected chi connectivity index (χ3v) is 4.17. The molecule has 8 heteroatoms. The zero-order valence-electron chi connectivity index (χ0n) is 15.4. The summed E-state index contributed by atoms with van der Waals surface area (Å²) in [6.07, 6.45) is 1.10. The van der Waals surface area contributed by atoms with Crippen molar-refractivity contribution >= 4 is 34.9 Å². The van der Waals surface area contributed by atoms with Crippen molar-refractivity contribution in [1.82, 2.24) is 5.32 Å². The lowest BCUT2D eigenvalue weighted by molar-refractivity contribution is 0.0497. The second-order valence-electron chi connectivity index (χ2n) is 7.28. The van der Waals surface area contributed by atoms with Crippen molar-refractivity contribution in [1.29, 1.82) is 0 Å². The van der Waals surface area contributed by atoms with Gasteiger partial charge in [0.2, 0.25) is 0 Å². The molecule has 6 nitrogen and oxygen atoms in total. The molecule has 0 spiro atoms. The number of alkyl carbamates (subject to hydrolysis) is 1. The van der Waals surface area contributed by atoms with Crippen LogP contribution in [-0.4, -0.2) is 42.5 Å². The summed E-state index contributed by atoms with van der Waals surface area (Å²) in [6.45, 7) is 6.90. The first-order valence-electron chi connectivity index (χ1n) is 8.61. The average molecular weight is 385 g/mol. The molecule has 1 aromatic rings. The van der Waals surface area contributed by atoms with Crippen LogP contribution in [0.4, 0.5) is 20.6 Å². The topological polar surface area (TPSA) is 80.0 Å². The van der Waals surface area contributed by atoms with Crippen molar-refractivity contribution in [3.05, 3.63) is 24.0 Å². The molecule has 26 heavy (non-hydrogen) atoms. The molecule has 0 atom stereocenters. The number of ether oxygens (including phenoxy) is 1. The Hall–Kier alpha value is -2.02. The average Bonchev–Trinajstić information content (AvgIpc) is 2.54. The number of amides is 1. The Bertz CT molecular complexity index is 668. The van der Waals surface area contributed by atoms with Crippen LogP contribution in [0.15, 0.2) is 23.2 Å². The summed E-state index contributed by atoms with van der Waals surface area (Å²) in [7, 11) is 0. The van der Waals surface area contributed by atoms with E-state index in [0.29, 0.717) is 18.8 Å². The van der Waals surface area contributed by atoms with Crippen LogP contribution >= 0.6 is 11.6 Å². The molecule has 1 amide bonds. The predicted octanol–water partition coefficient (Wildman–Crippen LogP) is 3.55. The minimum absolute atomic E-state index is 0.0430. The van der Waals surface area contributed by atoms with E-state index in [2.05, 4.69) is 15.2 Å². The highest BCUT2D eigenvalue weighted by Crippen LogP contribution is 2.31. The Kier molecular flexibility index (Phi) is 6.69. The zero-order chi connectivity index (χ0) is 19.3. The Labute approximate surface area is 158 Å². The van der Waals surface area contributed by atoms with Crippen LogP contribution < -0.4 is 16.0 Å². The number of nitrogens with one attached hydrogen (secondary N) is 1. The second-order valence-corrected chi connectivity index (χ2v) is 7.54. The van der Waals surface area contributed by atoms with Gasteiger partial charge in [0.15, 0.2) is 0 Å². The molecule has 0 unspecified atom stereocenters. The molecule has 0 aliphatic carbocycles. The van der Waals surface area contributed by atoms with Crippen molar-refractivity contribution in [3.8, 4) is 0 Å². The number of anilines is 1. The van der Waals surface area contributed by atoms with Gasteiger partial charge in [-0.15, -0.1) is 11.6 Å². The maximum Gasteiger partial charge on any atom is 0.407 e. The van der Waals surface area contributed by atoms with E-state index in [-0.39, 0.29) is 23.6 Å². The van der Waals surface area contributed by atoms with E-state index in [4.69, 9.17) is 22.1 Å². The fourth-order valence-electron chi connectivity index (χ4n) is 2.78. The number of benzene rings is 1. The van der Waals surface area contributed by atoms with Crippen LogP contribution in [0, 0.1) is 5.82 Å². The smallest absolute Gasteiger partial charge is 0.407 e. The van der Waals surface area contributed by atoms with Gasteiger partial charge in [-0.1, -0.05) is 0 Å². The molecular formula is C18H26ClFN4O2. The summed E-state index contributed by atoms with van der Waals surface area (Å²) in [4.78, 5) is 18.2. The number of amidine groups is 1. The molecule has 1 saturated heterocycles. The first-order valence-corrected chi connectivity index (χ1v) is 9.14. The monoisotopic (exact) mass is 384 g/mol. The van der Waals surface area contributed by atoms with E-state index in [0.717, 1.165) is 18.5 Å². The largest absolute Gasteiger partial charge is 0.444 e. The number of carbonyl (C=O) groups is 1. The number of halogens is 2. The van der Waals surface area contributed by atoms with Gasteiger partial charge in [0.1, 0.15) is 17.3 Å². The van der Waals surface area contributed by atoms with Crippen molar-refractivity contribution in [2.75, 3.05) is 23.9 Å². The van der Waals surface area contributed by atoms with Crippen LogP contribution in [0.2, 0.25) is 0 Å². The lowest BCUT2D eigenvalue weighted by Crippen LogP contribution is -2.46. The van der Waals surface area contributed by atoms with Gasteiger partial charge in [0, 0.05) is 25.2 Å². The third-order valence-electron chi connectivity index (χ3n) is 3.89. The summed E-state index contributed by atoms with van der Waals surface area (Å²) in [5.74, 6) is -0.0611. The molecule has 1 aromatic carbocycles. The fourth-order valence-corrected chi connectivity index (χ4v) is 2.84. The van der Waals surface area contributed by atoms with E-state index < -0.39 is 11.7 Å². The van der Waals surface area contributed by atoms with E-state index >= 15 is 0 Å². The molecular weight excluding hydrogens is 359 g/mol. The zero-order valence-corrected chi connectivity index (χ0v) is 16.1. The predicted molar refractivity (Wildman–Crippen MR) is 103 cm³/mol. The van der Waals surface area contributed by atoms with Crippen molar-refractivity contribution in [2.24, 2.45) is 10.7 Å². The number of hydrogen-bond acceptors (Lipinski definition) is 4. The quantitative estimate of drug-likeness (QED) is 0.472. The van der Waals surface area contributed by atoms with Crippen LogP contribution in [0.1, 0.15) is 33.6 Å². The summed E-state index contributed by atoms with van der Waals surface area (Å²) < 4.78 is 18.9. The molecule has 1 heterocycles. The summed E-state index contributed by atoms with van der Waals surface area (Å²) >= 11 is 5.68. The van der Waals surface area contributed by atoms with Crippen LogP contribution in [-0.2, 0) is 4.74 Å². The lowest BCUT2D eigenvalue weighted by Gasteiger charge is -2.34. The Morgan fingerprint density at radius 3 is 2.65 bits per heavy atom. The van der Waals surface area contributed by atoms with Crippen LogP contribution in [0.5, 0.6) is 0 Å². The molecule has 1 aliphatic rings. The number of nitrogens with two attached hydrogens (primary N) is 1. The second kappa shape index (κ2) is 8.58. The minimum Gasteiger partial charge on any atom is -0.444 e. The van der Waals surface area contributed by atoms with E-state index in [1.165, 1.54) is 12.1 Å². The van der Waals surface area contributed by atoms with Gasteiger partial charge < -0.3 is 20.7 Å². The first-order chi connectivity index (χ1) is 12.2. The molecule has 144 valence electrons. The highest BCUT2D eigenvalue weighted by molar-refractivity contribution is 6.28. The molecule has 1 aliphatic heterocycles. The Morgan fingerprint density at radius 1 is 1.42 bits per heavy atom. The normalized spacial score (nSPS) is 16.5. The molecule has 0 saturated carbocycles. The van der Waals surface area contributed by atoms with Crippen molar-refractivity contribution < 1.29 is 13.9 Å². The number of rotatable bonds is 4. The fraction of sp³-hybridized carbons (Fsp3) is 0.556. The molecule has 3 N–H and O–H groups in total. The summed E-state index contributed by atoms with van der Waals surface area (Å²) in [6, 6.07) is 4.48. The van der Waals surface area contributed by atoms with Crippen LogP contribution in [0.3, 0.4) is 0 Å². The number of piperidine rings is 1. The minimum atomic E-state index is -0.520. The molecule has 0 aromatic heterocycles. The number of carbonyl (C=O) groups excluding carboxylic acids is 1. The van der Waals surface area contributed by atoms with E-state index in [1.807, 2.05) is 20.8 Å². The van der Waals surface area contributed by atoms with Crippen LogP contribution in [0.25, 0.3) is 0 Å². The standard InChI is InChI=1S/C18H26ClFN4O2/c1-18(2,3)26-17(25)22-13-6-8-24(9-7-13)15-5-4-12(20)10-14(15)23-16(21)11-19/h4-5,10,13H,6-9,11H2,1-3H3,(H2,21,23)(H,22,25). The van der Waals surface area contributed by atoms with Gasteiger partial charge >= 0.3 is 6.09 Å². The van der Waals surface area contributed by atoms with Gasteiger partial charge in [-0.25, -0.2) is 14.2 Å². The molecule has 2 rings (SSSR count). The van der Waals surface area contributed by atoms with Gasteiger partial charge in [-0.2, -0.15) is 0 Å². The molecule has 0 radical (unpaired) electrons. The number of nitrogens with zero attached hydrogens (tertiary/aromatic N) is 2. The SMILES string of the molecule is CC(C)(C)OC(=O)NC1CCN(c2ccc(F)cc2N=C(N)CCl)CC1. The Balaban J connectivity index is 2.01. The highest BCUT2D eigenvalue weighted by atomic mass is 35.5. The van der Waals surface area contributed by atoms with Crippen molar-refractivity contribution in [3.63, 3.8) is 0 Å². The van der Waals surface area contributed by atoms with E-state index in [9.17, 15) is 9.18 Å². The van der Waals surface area contributed by atoms with Gasteiger partial charge in [-0.05, 0) is 45.7 Å². The summed E-state index contributed by atoms with van der Waals surface area (Å²) in [5, 5.41) is 2.90. The molecule has 0 bridgehead atoms. The summed E-state index contributed by atoms with van der Waals surface area (Å²) in [5.41, 5.74) is 6.44. The lowest BCUT2D eigenvalue weighted by atomic mass is 10.0. The number of alkyl halides is 1.